The molecule has 0 saturated carbocycles. The van der Waals surface area contributed by atoms with Crippen LogP contribution in [0.1, 0.15) is 10.5 Å². The Hall–Kier alpha value is -2.50. The first-order valence-electron chi connectivity index (χ1n) is 7.03. The van der Waals surface area contributed by atoms with Crippen LogP contribution in [-0.4, -0.2) is 46.8 Å². The van der Waals surface area contributed by atoms with E-state index < -0.39 is 0 Å². The SMILES string of the molecule is Cn1nccc1C(=O)N1CCN(c2ccc(N)cc2)CC1. The van der Waals surface area contributed by atoms with Gasteiger partial charge in [-0.25, -0.2) is 0 Å². The summed E-state index contributed by atoms with van der Waals surface area (Å²) in [6.45, 7) is 3.09. The maximum atomic E-state index is 12.4. The van der Waals surface area contributed by atoms with E-state index in [-0.39, 0.29) is 5.91 Å². The van der Waals surface area contributed by atoms with Gasteiger partial charge >= 0.3 is 0 Å². The van der Waals surface area contributed by atoms with Gasteiger partial charge in [-0.05, 0) is 30.3 Å². The summed E-state index contributed by atoms with van der Waals surface area (Å²) in [6.07, 6.45) is 1.65. The minimum atomic E-state index is 0.0481. The first kappa shape index (κ1) is 13.5. The van der Waals surface area contributed by atoms with E-state index in [1.54, 1.807) is 24.0 Å². The third kappa shape index (κ3) is 2.69. The summed E-state index contributed by atoms with van der Waals surface area (Å²) >= 11 is 0. The molecule has 2 N–H and O–H groups in total. The maximum absolute atomic E-state index is 12.4. The first-order chi connectivity index (χ1) is 10.1. The predicted molar refractivity (Wildman–Crippen MR) is 82.2 cm³/mol. The van der Waals surface area contributed by atoms with Crippen LogP contribution in [0.3, 0.4) is 0 Å². The number of hydrogen-bond donors (Lipinski definition) is 1. The van der Waals surface area contributed by atoms with Crippen molar-refractivity contribution in [3.63, 3.8) is 0 Å². The standard InChI is InChI=1S/C15H19N5O/c1-18-14(6-7-17-18)15(21)20-10-8-19(9-11-20)13-4-2-12(16)3-5-13/h2-7H,8-11,16H2,1H3. The summed E-state index contributed by atoms with van der Waals surface area (Å²) in [7, 11) is 1.79. The molecule has 0 aliphatic carbocycles. The number of aryl methyl sites for hydroxylation is 1. The molecule has 6 heteroatoms. The molecule has 6 nitrogen and oxygen atoms in total. The van der Waals surface area contributed by atoms with Crippen LogP contribution in [0.4, 0.5) is 11.4 Å². The van der Waals surface area contributed by atoms with Gasteiger partial charge in [0.25, 0.3) is 5.91 Å². The third-order valence-corrected chi connectivity index (χ3v) is 3.87. The molecule has 1 saturated heterocycles. The number of rotatable bonds is 2. The summed E-state index contributed by atoms with van der Waals surface area (Å²) < 4.78 is 1.62. The van der Waals surface area contributed by atoms with Crippen molar-refractivity contribution in [1.82, 2.24) is 14.7 Å². The van der Waals surface area contributed by atoms with Gasteiger partial charge in [0.2, 0.25) is 0 Å². The number of hydrogen-bond acceptors (Lipinski definition) is 4. The van der Waals surface area contributed by atoms with E-state index in [2.05, 4.69) is 10.00 Å². The summed E-state index contributed by atoms with van der Waals surface area (Å²) in [5, 5.41) is 4.05. The molecular formula is C15H19N5O. The predicted octanol–water partition coefficient (Wildman–Crippen LogP) is 0.965. The van der Waals surface area contributed by atoms with Crippen molar-refractivity contribution < 1.29 is 4.79 Å². The van der Waals surface area contributed by atoms with Gasteiger partial charge in [0.1, 0.15) is 5.69 Å². The lowest BCUT2D eigenvalue weighted by atomic mass is 10.2. The zero-order valence-electron chi connectivity index (χ0n) is 12.1. The highest BCUT2D eigenvalue weighted by Crippen LogP contribution is 2.18. The van der Waals surface area contributed by atoms with E-state index >= 15 is 0 Å². The largest absolute Gasteiger partial charge is 0.399 e. The molecule has 1 aliphatic rings. The molecule has 0 bridgehead atoms. The van der Waals surface area contributed by atoms with Gasteiger partial charge < -0.3 is 15.5 Å². The topological polar surface area (TPSA) is 67.4 Å². The number of amides is 1. The van der Waals surface area contributed by atoms with E-state index in [9.17, 15) is 4.79 Å². The van der Waals surface area contributed by atoms with Gasteiger partial charge in [-0.2, -0.15) is 5.10 Å². The second-order valence-corrected chi connectivity index (χ2v) is 5.21. The van der Waals surface area contributed by atoms with E-state index in [4.69, 9.17) is 5.73 Å². The summed E-state index contributed by atoms with van der Waals surface area (Å²) in [6, 6.07) is 9.61. The highest BCUT2D eigenvalue weighted by Gasteiger charge is 2.23. The highest BCUT2D eigenvalue weighted by molar-refractivity contribution is 5.92. The molecule has 0 atom stereocenters. The fourth-order valence-electron chi connectivity index (χ4n) is 2.60. The monoisotopic (exact) mass is 285 g/mol. The zero-order chi connectivity index (χ0) is 14.8. The number of aromatic nitrogens is 2. The first-order valence-corrected chi connectivity index (χ1v) is 7.03. The molecule has 3 rings (SSSR count). The molecule has 1 aliphatic heterocycles. The van der Waals surface area contributed by atoms with Crippen molar-refractivity contribution in [2.24, 2.45) is 7.05 Å². The van der Waals surface area contributed by atoms with Crippen molar-refractivity contribution in [3.05, 3.63) is 42.2 Å². The van der Waals surface area contributed by atoms with Gasteiger partial charge in [-0.1, -0.05) is 0 Å². The van der Waals surface area contributed by atoms with Crippen LogP contribution in [0.15, 0.2) is 36.5 Å². The number of nitrogens with zero attached hydrogens (tertiary/aromatic N) is 4. The van der Waals surface area contributed by atoms with Crippen molar-refractivity contribution in [2.75, 3.05) is 36.8 Å². The lowest BCUT2D eigenvalue weighted by Crippen LogP contribution is -2.49. The van der Waals surface area contributed by atoms with Gasteiger partial charge in [0, 0.05) is 50.8 Å². The number of anilines is 2. The molecule has 0 unspecified atom stereocenters. The van der Waals surface area contributed by atoms with Crippen molar-refractivity contribution in [1.29, 1.82) is 0 Å². The van der Waals surface area contributed by atoms with Gasteiger partial charge in [-0.3, -0.25) is 9.48 Å². The van der Waals surface area contributed by atoms with Crippen LogP contribution in [-0.2, 0) is 7.05 Å². The summed E-state index contributed by atoms with van der Waals surface area (Å²) in [5.74, 6) is 0.0481. The highest BCUT2D eigenvalue weighted by atomic mass is 16.2. The minimum Gasteiger partial charge on any atom is -0.399 e. The normalized spacial score (nSPS) is 15.3. The fraction of sp³-hybridized carbons (Fsp3) is 0.333. The van der Waals surface area contributed by atoms with Gasteiger partial charge in [-0.15, -0.1) is 0 Å². The molecule has 1 aromatic carbocycles. The average molecular weight is 285 g/mol. The van der Waals surface area contributed by atoms with Crippen LogP contribution in [0.5, 0.6) is 0 Å². The number of benzene rings is 1. The molecule has 21 heavy (non-hydrogen) atoms. The molecule has 0 radical (unpaired) electrons. The van der Waals surface area contributed by atoms with Crippen molar-refractivity contribution in [2.45, 2.75) is 0 Å². The Morgan fingerprint density at radius 1 is 1.10 bits per heavy atom. The van der Waals surface area contributed by atoms with E-state index in [1.165, 1.54) is 0 Å². The fourth-order valence-corrected chi connectivity index (χ4v) is 2.60. The molecule has 1 aromatic heterocycles. The van der Waals surface area contributed by atoms with Crippen LogP contribution in [0.25, 0.3) is 0 Å². The zero-order valence-corrected chi connectivity index (χ0v) is 12.1. The molecule has 2 aromatic rings. The van der Waals surface area contributed by atoms with Gasteiger partial charge in [0.15, 0.2) is 0 Å². The maximum Gasteiger partial charge on any atom is 0.272 e. The molecule has 110 valence electrons. The quantitative estimate of drug-likeness (QED) is 0.835. The second kappa shape index (κ2) is 5.47. The van der Waals surface area contributed by atoms with E-state index in [0.717, 1.165) is 24.5 Å². The number of nitrogen functional groups attached to an aromatic ring is 1. The Balaban J connectivity index is 1.64. The van der Waals surface area contributed by atoms with Crippen LogP contribution in [0.2, 0.25) is 0 Å². The lowest BCUT2D eigenvalue weighted by Gasteiger charge is -2.36. The number of carbonyl (C=O) groups excluding carboxylic acids is 1. The van der Waals surface area contributed by atoms with Crippen molar-refractivity contribution in [3.8, 4) is 0 Å². The minimum absolute atomic E-state index is 0.0481. The molecule has 1 fully saturated rings. The Morgan fingerprint density at radius 3 is 2.33 bits per heavy atom. The summed E-state index contributed by atoms with van der Waals surface area (Å²) in [4.78, 5) is 16.5. The molecular weight excluding hydrogens is 266 g/mol. The van der Waals surface area contributed by atoms with Gasteiger partial charge in [0.05, 0.1) is 0 Å². The number of piperazine rings is 1. The Bertz CT molecular complexity index is 626. The average Bonchev–Trinajstić information content (AvgIpc) is 2.94. The van der Waals surface area contributed by atoms with E-state index in [1.807, 2.05) is 29.2 Å². The van der Waals surface area contributed by atoms with E-state index in [0.29, 0.717) is 18.8 Å². The third-order valence-electron chi connectivity index (χ3n) is 3.87. The number of nitrogens with two attached hydrogens (primary N) is 1. The van der Waals surface area contributed by atoms with Crippen LogP contribution in [0, 0.1) is 0 Å². The van der Waals surface area contributed by atoms with Crippen LogP contribution < -0.4 is 10.6 Å². The number of carbonyl (C=O) groups is 1. The Kier molecular flexibility index (Phi) is 3.51. The van der Waals surface area contributed by atoms with Crippen LogP contribution >= 0.6 is 0 Å². The Labute approximate surface area is 123 Å². The Morgan fingerprint density at radius 2 is 1.76 bits per heavy atom. The second-order valence-electron chi connectivity index (χ2n) is 5.21. The molecule has 2 heterocycles. The van der Waals surface area contributed by atoms with Crippen molar-refractivity contribution >= 4 is 17.3 Å². The smallest absolute Gasteiger partial charge is 0.272 e. The lowest BCUT2D eigenvalue weighted by molar-refractivity contribution is 0.0735. The molecule has 1 amide bonds. The molecule has 0 spiro atoms. The summed E-state index contributed by atoms with van der Waals surface area (Å²) in [5.41, 5.74) is 8.26.